The molecule has 3 aromatic rings. The Labute approximate surface area is 133 Å². The first-order valence-corrected chi connectivity index (χ1v) is 7.48. The fraction of sp³-hybridized carbons (Fsp3) is 0.235. The van der Waals surface area contributed by atoms with Crippen LogP contribution in [0.5, 0.6) is 0 Å². The molecule has 1 unspecified atom stereocenters. The Morgan fingerprint density at radius 3 is 2.78 bits per heavy atom. The van der Waals surface area contributed by atoms with E-state index in [4.69, 9.17) is 4.52 Å². The summed E-state index contributed by atoms with van der Waals surface area (Å²) in [5, 5.41) is 7.18. The molecule has 2 heterocycles. The van der Waals surface area contributed by atoms with Gasteiger partial charge in [0.05, 0.1) is 5.56 Å². The molecular weight excluding hydrogens is 295 g/mol. The van der Waals surface area contributed by atoms with E-state index >= 15 is 0 Å². The summed E-state index contributed by atoms with van der Waals surface area (Å²) < 4.78 is 18.5. The lowest BCUT2D eigenvalue weighted by molar-refractivity contribution is 0.432. The average molecular weight is 312 g/mol. The maximum atomic E-state index is 13.3. The van der Waals surface area contributed by atoms with Gasteiger partial charge < -0.3 is 9.84 Å². The van der Waals surface area contributed by atoms with Gasteiger partial charge in [-0.3, -0.25) is 0 Å². The number of pyridine rings is 1. The van der Waals surface area contributed by atoms with Gasteiger partial charge in [0.25, 0.3) is 5.89 Å². The number of rotatable bonds is 5. The zero-order valence-electron chi connectivity index (χ0n) is 13.0. The molecule has 0 aliphatic heterocycles. The third kappa shape index (κ3) is 3.53. The van der Waals surface area contributed by atoms with Crippen molar-refractivity contribution in [3.05, 3.63) is 48.4 Å². The van der Waals surface area contributed by atoms with E-state index < -0.39 is 0 Å². The van der Waals surface area contributed by atoms with Crippen LogP contribution in [-0.2, 0) is 0 Å². The summed E-state index contributed by atoms with van der Waals surface area (Å²) in [5.41, 5.74) is 1.29. The van der Waals surface area contributed by atoms with Crippen LogP contribution in [0, 0.1) is 5.82 Å². The maximum absolute atomic E-state index is 13.3. The minimum Gasteiger partial charge on any atom is -0.368 e. The van der Waals surface area contributed by atoms with Crippen LogP contribution in [0.3, 0.4) is 0 Å². The van der Waals surface area contributed by atoms with E-state index in [0.717, 1.165) is 17.8 Å². The first-order valence-electron chi connectivity index (χ1n) is 7.48. The zero-order valence-corrected chi connectivity index (χ0v) is 13.0. The first kappa shape index (κ1) is 15.1. The monoisotopic (exact) mass is 312 g/mol. The van der Waals surface area contributed by atoms with Crippen LogP contribution < -0.4 is 5.32 Å². The lowest BCUT2D eigenvalue weighted by Crippen LogP contribution is -2.14. The van der Waals surface area contributed by atoms with E-state index in [1.54, 1.807) is 18.3 Å². The van der Waals surface area contributed by atoms with Crippen LogP contribution >= 0.6 is 0 Å². The molecule has 0 radical (unpaired) electrons. The van der Waals surface area contributed by atoms with E-state index in [1.165, 1.54) is 12.1 Å². The predicted octanol–water partition coefficient (Wildman–Crippen LogP) is 4.15. The Morgan fingerprint density at radius 2 is 2.09 bits per heavy atom. The number of nitrogens with zero attached hydrogens (tertiary/aromatic N) is 3. The SMILES string of the molecule is CCC(C)Nc1ccc(-c2nc(-c3cccc(F)c3)no2)cn1. The molecule has 0 spiro atoms. The molecule has 0 aliphatic rings. The molecular formula is C17H17FN4O. The predicted molar refractivity (Wildman–Crippen MR) is 86.3 cm³/mol. The fourth-order valence-corrected chi connectivity index (χ4v) is 2.05. The summed E-state index contributed by atoms with van der Waals surface area (Å²) in [5.74, 6) is 1.16. The molecule has 0 aliphatic carbocycles. The minimum absolute atomic E-state index is 0.337. The number of hydrogen-bond acceptors (Lipinski definition) is 5. The highest BCUT2D eigenvalue weighted by Gasteiger charge is 2.11. The topological polar surface area (TPSA) is 63.8 Å². The van der Waals surface area contributed by atoms with Crippen molar-refractivity contribution in [2.75, 3.05) is 5.32 Å². The third-order valence-electron chi connectivity index (χ3n) is 3.53. The summed E-state index contributed by atoms with van der Waals surface area (Å²) >= 11 is 0. The molecule has 1 aromatic carbocycles. The van der Waals surface area contributed by atoms with Gasteiger partial charge in [0, 0.05) is 17.8 Å². The molecule has 23 heavy (non-hydrogen) atoms. The highest BCUT2D eigenvalue weighted by molar-refractivity contribution is 5.60. The molecule has 5 nitrogen and oxygen atoms in total. The van der Waals surface area contributed by atoms with Gasteiger partial charge in [-0.25, -0.2) is 9.37 Å². The van der Waals surface area contributed by atoms with E-state index in [-0.39, 0.29) is 5.82 Å². The van der Waals surface area contributed by atoms with Crippen molar-refractivity contribution >= 4 is 5.82 Å². The van der Waals surface area contributed by atoms with Gasteiger partial charge in [-0.1, -0.05) is 24.2 Å². The summed E-state index contributed by atoms with van der Waals surface area (Å²) in [6, 6.07) is 10.2. The molecule has 118 valence electrons. The van der Waals surface area contributed by atoms with Crippen LogP contribution in [0.2, 0.25) is 0 Å². The number of hydrogen-bond donors (Lipinski definition) is 1. The normalized spacial score (nSPS) is 12.1. The van der Waals surface area contributed by atoms with Gasteiger partial charge in [0.15, 0.2) is 0 Å². The molecule has 1 N–H and O–H groups in total. The second-order valence-electron chi connectivity index (χ2n) is 5.32. The molecule has 2 aromatic heterocycles. The van der Waals surface area contributed by atoms with Crippen molar-refractivity contribution in [2.45, 2.75) is 26.3 Å². The molecule has 3 rings (SSSR count). The van der Waals surface area contributed by atoms with Crippen molar-refractivity contribution in [3.63, 3.8) is 0 Å². The minimum atomic E-state index is -0.337. The molecule has 0 amide bonds. The maximum Gasteiger partial charge on any atom is 0.259 e. The summed E-state index contributed by atoms with van der Waals surface area (Å²) in [7, 11) is 0. The number of nitrogens with one attached hydrogen (secondary N) is 1. The lowest BCUT2D eigenvalue weighted by Gasteiger charge is -2.11. The smallest absolute Gasteiger partial charge is 0.259 e. The Hall–Kier alpha value is -2.76. The van der Waals surface area contributed by atoms with Crippen molar-refractivity contribution in [3.8, 4) is 22.8 Å². The van der Waals surface area contributed by atoms with Gasteiger partial charge in [0.2, 0.25) is 5.82 Å². The largest absolute Gasteiger partial charge is 0.368 e. The van der Waals surface area contributed by atoms with Crippen LogP contribution in [0.25, 0.3) is 22.8 Å². The van der Waals surface area contributed by atoms with Crippen molar-refractivity contribution < 1.29 is 8.91 Å². The van der Waals surface area contributed by atoms with E-state index in [2.05, 4.69) is 34.3 Å². The summed E-state index contributed by atoms with van der Waals surface area (Å²) in [6.45, 7) is 4.21. The van der Waals surface area contributed by atoms with Crippen LogP contribution in [-0.4, -0.2) is 21.2 Å². The number of aromatic nitrogens is 3. The number of halogens is 1. The van der Waals surface area contributed by atoms with E-state index in [9.17, 15) is 4.39 Å². The molecule has 0 bridgehead atoms. The van der Waals surface area contributed by atoms with Crippen LogP contribution in [0.1, 0.15) is 20.3 Å². The number of benzene rings is 1. The van der Waals surface area contributed by atoms with Gasteiger partial charge >= 0.3 is 0 Å². The molecule has 6 heteroatoms. The van der Waals surface area contributed by atoms with Gasteiger partial charge in [0.1, 0.15) is 11.6 Å². The van der Waals surface area contributed by atoms with Gasteiger partial charge in [-0.05, 0) is 37.6 Å². The van der Waals surface area contributed by atoms with Crippen molar-refractivity contribution in [1.82, 2.24) is 15.1 Å². The van der Waals surface area contributed by atoms with Crippen molar-refractivity contribution in [1.29, 1.82) is 0 Å². The molecule has 0 fully saturated rings. The van der Waals surface area contributed by atoms with E-state index in [1.807, 2.05) is 12.1 Å². The van der Waals surface area contributed by atoms with Crippen LogP contribution in [0.15, 0.2) is 47.1 Å². The molecule has 0 saturated carbocycles. The Balaban J connectivity index is 1.80. The quantitative estimate of drug-likeness (QED) is 0.767. The van der Waals surface area contributed by atoms with E-state index in [0.29, 0.717) is 23.3 Å². The fourth-order valence-electron chi connectivity index (χ4n) is 2.05. The highest BCUT2D eigenvalue weighted by atomic mass is 19.1. The van der Waals surface area contributed by atoms with Crippen LogP contribution in [0.4, 0.5) is 10.2 Å². The average Bonchev–Trinajstić information content (AvgIpc) is 3.05. The zero-order chi connectivity index (χ0) is 16.2. The first-order chi connectivity index (χ1) is 11.2. The Bertz CT molecular complexity index is 785. The summed E-state index contributed by atoms with van der Waals surface area (Å²) in [4.78, 5) is 8.63. The molecule has 0 saturated heterocycles. The lowest BCUT2D eigenvalue weighted by atomic mass is 10.2. The van der Waals surface area contributed by atoms with Gasteiger partial charge in [-0.2, -0.15) is 4.98 Å². The van der Waals surface area contributed by atoms with Gasteiger partial charge in [-0.15, -0.1) is 0 Å². The highest BCUT2D eigenvalue weighted by Crippen LogP contribution is 2.23. The third-order valence-corrected chi connectivity index (χ3v) is 3.53. The number of anilines is 1. The Kier molecular flexibility index (Phi) is 4.32. The second kappa shape index (κ2) is 6.56. The summed E-state index contributed by atoms with van der Waals surface area (Å²) in [6.07, 6.45) is 2.69. The molecule has 1 atom stereocenters. The second-order valence-corrected chi connectivity index (χ2v) is 5.32. The Morgan fingerprint density at radius 1 is 1.22 bits per heavy atom. The standard InChI is InChI=1S/C17H17FN4O/c1-3-11(2)20-15-8-7-13(10-19-15)17-21-16(22-23-17)12-5-4-6-14(18)9-12/h4-11H,3H2,1-2H3,(H,19,20). The van der Waals surface area contributed by atoms with Crippen molar-refractivity contribution in [2.24, 2.45) is 0 Å².